The molecule has 1 N–H and O–H groups in total. The van der Waals surface area contributed by atoms with Crippen LogP contribution in [0.25, 0.3) is 0 Å². The van der Waals surface area contributed by atoms with Crippen molar-refractivity contribution in [3.63, 3.8) is 0 Å². The smallest absolute Gasteiger partial charge is 0.429 e. The lowest BCUT2D eigenvalue weighted by Gasteiger charge is -2.32. The highest BCUT2D eigenvalue weighted by Gasteiger charge is 2.28. The van der Waals surface area contributed by atoms with Crippen LogP contribution in [0.3, 0.4) is 0 Å². The lowest BCUT2D eigenvalue weighted by atomic mass is 10.2. The Kier molecular flexibility index (Phi) is 6.32. The summed E-state index contributed by atoms with van der Waals surface area (Å²) in [6, 6.07) is -0.197. The molecule has 0 saturated heterocycles. The average Bonchev–Trinajstić information content (AvgIpc) is 2.19. The lowest BCUT2D eigenvalue weighted by Crippen LogP contribution is -2.53. The van der Waals surface area contributed by atoms with Gasteiger partial charge in [-0.15, -0.1) is 0 Å². The molecule has 0 radical (unpaired) electrons. The number of hydrogen-bond acceptors (Lipinski definition) is 4. The van der Waals surface area contributed by atoms with Crippen molar-refractivity contribution >= 4 is 12.2 Å². The minimum atomic E-state index is -0.677. The number of rotatable bonds is 2. The summed E-state index contributed by atoms with van der Waals surface area (Å²) in [5.74, 6) is 0. The molecule has 0 aliphatic heterocycles. The molecule has 0 aromatic rings. The molecule has 0 aromatic carbocycles. The molecule has 0 bridgehead atoms. The molecular weight excluding hydrogens is 260 g/mol. The third kappa shape index (κ3) is 7.86. The van der Waals surface area contributed by atoms with Gasteiger partial charge >= 0.3 is 12.2 Å². The zero-order chi connectivity index (χ0) is 16.1. The SMILES string of the molecule is CCC(C)N(NC(=O)OC(C)(C)C)C(=O)OC(C)(C)C. The van der Waals surface area contributed by atoms with Crippen molar-refractivity contribution in [1.82, 2.24) is 10.4 Å². The number of carbonyl (C=O) groups excluding carboxylic acids is 2. The second-order valence-corrected chi connectivity index (χ2v) is 6.72. The van der Waals surface area contributed by atoms with Crippen LogP contribution >= 0.6 is 0 Å². The average molecular weight is 288 g/mol. The zero-order valence-electron chi connectivity index (χ0n) is 13.9. The van der Waals surface area contributed by atoms with Crippen LogP contribution in [-0.2, 0) is 9.47 Å². The Bertz CT molecular complexity index is 342. The van der Waals surface area contributed by atoms with Gasteiger partial charge < -0.3 is 9.47 Å². The molecule has 0 fully saturated rings. The molecule has 118 valence electrons. The maximum atomic E-state index is 12.1. The first-order valence-corrected chi connectivity index (χ1v) is 6.87. The summed E-state index contributed by atoms with van der Waals surface area (Å²) < 4.78 is 10.4. The molecule has 6 nitrogen and oxygen atoms in total. The summed E-state index contributed by atoms with van der Waals surface area (Å²) in [6.45, 7) is 14.3. The van der Waals surface area contributed by atoms with Crippen molar-refractivity contribution in [2.75, 3.05) is 0 Å². The number of nitrogens with zero attached hydrogens (tertiary/aromatic N) is 1. The van der Waals surface area contributed by atoms with E-state index in [-0.39, 0.29) is 6.04 Å². The second-order valence-electron chi connectivity index (χ2n) is 6.72. The molecule has 2 amide bonds. The third-order valence-electron chi connectivity index (χ3n) is 2.23. The Balaban J connectivity index is 4.82. The van der Waals surface area contributed by atoms with Crippen molar-refractivity contribution < 1.29 is 19.1 Å². The molecule has 0 spiro atoms. The maximum Gasteiger partial charge on any atom is 0.429 e. The Labute approximate surface area is 121 Å². The minimum absolute atomic E-state index is 0.197. The lowest BCUT2D eigenvalue weighted by molar-refractivity contribution is -0.00805. The van der Waals surface area contributed by atoms with Crippen LogP contribution in [0.5, 0.6) is 0 Å². The Morgan fingerprint density at radius 1 is 1.05 bits per heavy atom. The molecule has 20 heavy (non-hydrogen) atoms. The summed E-state index contributed by atoms with van der Waals surface area (Å²) in [5, 5.41) is 1.17. The first kappa shape index (κ1) is 18.5. The van der Waals surface area contributed by atoms with Gasteiger partial charge in [-0.05, 0) is 54.9 Å². The Morgan fingerprint density at radius 3 is 1.85 bits per heavy atom. The van der Waals surface area contributed by atoms with Crippen LogP contribution in [0, 0.1) is 0 Å². The zero-order valence-corrected chi connectivity index (χ0v) is 13.9. The van der Waals surface area contributed by atoms with E-state index in [1.165, 1.54) is 5.01 Å². The van der Waals surface area contributed by atoms with E-state index in [9.17, 15) is 9.59 Å². The molecule has 0 heterocycles. The topological polar surface area (TPSA) is 67.9 Å². The van der Waals surface area contributed by atoms with E-state index in [0.717, 1.165) is 0 Å². The van der Waals surface area contributed by atoms with Gasteiger partial charge in [-0.2, -0.15) is 0 Å². The van der Waals surface area contributed by atoms with Crippen LogP contribution in [0.15, 0.2) is 0 Å². The summed E-state index contributed by atoms with van der Waals surface area (Å²) in [6.07, 6.45) is -0.601. The van der Waals surface area contributed by atoms with Crippen molar-refractivity contribution in [2.24, 2.45) is 0 Å². The van der Waals surface area contributed by atoms with E-state index in [1.807, 2.05) is 13.8 Å². The van der Waals surface area contributed by atoms with Crippen molar-refractivity contribution in [3.8, 4) is 0 Å². The van der Waals surface area contributed by atoms with Gasteiger partial charge in [0.25, 0.3) is 0 Å². The van der Waals surface area contributed by atoms with E-state index in [2.05, 4.69) is 5.43 Å². The van der Waals surface area contributed by atoms with E-state index < -0.39 is 23.4 Å². The van der Waals surface area contributed by atoms with Gasteiger partial charge in [-0.3, -0.25) is 0 Å². The molecule has 0 aliphatic carbocycles. The fourth-order valence-electron chi connectivity index (χ4n) is 1.23. The highest BCUT2D eigenvalue weighted by Crippen LogP contribution is 2.13. The normalized spacial score (nSPS) is 13.4. The fraction of sp³-hybridized carbons (Fsp3) is 0.857. The summed E-state index contributed by atoms with van der Waals surface area (Å²) in [5.41, 5.74) is 1.19. The van der Waals surface area contributed by atoms with E-state index in [0.29, 0.717) is 6.42 Å². The Hall–Kier alpha value is -1.46. The number of hydrazine groups is 1. The van der Waals surface area contributed by atoms with E-state index in [4.69, 9.17) is 9.47 Å². The fourth-order valence-corrected chi connectivity index (χ4v) is 1.23. The largest absolute Gasteiger partial charge is 0.443 e. The first-order valence-electron chi connectivity index (χ1n) is 6.87. The van der Waals surface area contributed by atoms with Crippen LogP contribution in [0.2, 0.25) is 0 Å². The maximum absolute atomic E-state index is 12.1. The van der Waals surface area contributed by atoms with Crippen molar-refractivity contribution in [3.05, 3.63) is 0 Å². The molecule has 0 aliphatic rings. The van der Waals surface area contributed by atoms with Gasteiger partial charge in [-0.25, -0.2) is 20.0 Å². The van der Waals surface area contributed by atoms with Gasteiger partial charge in [0.05, 0.1) is 6.04 Å². The number of nitrogens with one attached hydrogen (secondary N) is 1. The quantitative estimate of drug-likeness (QED) is 0.790. The summed E-state index contributed by atoms with van der Waals surface area (Å²) in [4.78, 5) is 23.9. The third-order valence-corrected chi connectivity index (χ3v) is 2.23. The van der Waals surface area contributed by atoms with Gasteiger partial charge in [-0.1, -0.05) is 6.92 Å². The molecule has 0 aromatic heterocycles. The van der Waals surface area contributed by atoms with Crippen molar-refractivity contribution in [1.29, 1.82) is 0 Å². The molecule has 1 atom stereocenters. The number of ether oxygens (including phenoxy) is 2. The number of hydrogen-bond donors (Lipinski definition) is 1. The minimum Gasteiger partial charge on any atom is -0.443 e. The van der Waals surface area contributed by atoms with Gasteiger partial charge in [0.15, 0.2) is 0 Å². The molecule has 6 heteroatoms. The van der Waals surface area contributed by atoms with Gasteiger partial charge in [0.1, 0.15) is 11.2 Å². The predicted molar refractivity (Wildman–Crippen MR) is 77.2 cm³/mol. The standard InChI is InChI=1S/C14H28N2O4/c1-9-10(2)16(12(18)20-14(6,7)8)15-11(17)19-13(3,4)5/h10H,9H2,1-8H3,(H,15,17). The summed E-state index contributed by atoms with van der Waals surface area (Å²) >= 11 is 0. The first-order chi connectivity index (χ1) is 8.85. The highest BCUT2D eigenvalue weighted by molar-refractivity contribution is 5.74. The second kappa shape index (κ2) is 6.81. The highest BCUT2D eigenvalue weighted by atomic mass is 16.6. The van der Waals surface area contributed by atoms with E-state index >= 15 is 0 Å². The van der Waals surface area contributed by atoms with Crippen LogP contribution in [0.1, 0.15) is 61.8 Å². The van der Waals surface area contributed by atoms with Crippen molar-refractivity contribution in [2.45, 2.75) is 79.1 Å². The van der Waals surface area contributed by atoms with E-state index in [1.54, 1.807) is 41.5 Å². The Morgan fingerprint density at radius 2 is 1.50 bits per heavy atom. The van der Waals surface area contributed by atoms with Crippen LogP contribution in [-0.4, -0.2) is 34.4 Å². The molecule has 0 rings (SSSR count). The van der Waals surface area contributed by atoms with Gasteiger partial charge in [0.2, 0.25) is 0 Å². The molecule has 1 unspecified atom stereocenters. The summed E-state index contributed by atoms with van der Waals surface area (Å²) in [7, 11) is 0. The van der Waals surface area contributed by atoms with Crippen LogP contribution in [0.4, 0.5) is 9.59 Å². The monoisotopic (exact) mass is 288 g/mol. The number of carbonyl (C=O) groups is 2. The predicted octanol–water partition coefficient (Wildman–Crippen LogP) is 3.46. The number of amides is 2. The molecule has 0 saturated carbocycles. The van der Waals surface area contributed by atoms with Crippen LogP contribution < -0.4 is 5.43 Å². The van der Waals surface area contributed by atoms with Gasteiger partial charge in [0, 0.05) is 0 Å². The molecular formula is C14H28N2O4.